The Hall–Kier alpha value is -2.53. The maximum atomic E-state index is 12.0. The van der Waals surface area contributed by atoms with E-state index in [0.717, 1.165) is 43.7 Å². The highest BCUT2D eigenvalue weighted by Crippen LogP contribution is 2.18. The summed E-state index contributed by atoms with van der Waals surface area (Å²) in [5.74, 6) is 0.748. The Morgan fingerprint density at radius 3 is 2.85 bits per heavy atom. The molecule has 1 aliphatic rings. The number of carbonyl (C=O) groups is 1. The zero-order valence-electron chi connectivity index (χ0n) is 14.9. The van der Waals surface area contributed by atoms with Crippen LogP contribution >= 0.6 is 0 Å². The average Bonchev–Trinajstić information content (AvgIpc) is 3.16. The molecular weight excluding hydrogens is 328 g/mol. The van der Waals surface area contributed by atoms with Gasteiger partial charge in [0.2, 0.25) is 0 Å². The lowest BCUT2D eigenvalue weighted by Crippen LogP contribution is -2.31. The second-order valence-corrected chi connectivity index (χ2v) is 6.42. The normalized spacial score (nSPS) is 16.2. The largest absolute Gasteiger partial charge is 0.493 e. The molecule has 1 atom stereocenters. The quantitative estimate of drug-likeness (QED) is 0.753. The minimum atomic E-state index is -0.204. The molecule has 0 aromatic heterocycles. The number of amides is 2. The first-order valence-electron chi connectivity index (χ1n) is 9.23. The van der Waals surface area contributed by atoms with E-state index >= 15 is 0 Å². The fraction of sp³-hybridized carbons (Fsp3) is 0.381. The molecule has 5 nitrogen and oxygen atoms in total. The topological polar surface area (TPSA) is 59.6 Å². The van der Waals surface area contributed by atoms with Crippen LogP contribution in [0.5, 0.6) is 5.75 Å². The van der Waals surface area contributed by atoms with Gasteiger partial charge in [-0.1, -0.05) is 36.4 Å². The summed E-state index contributed by atoms with van der Waals surface area (Å²) >= 11 is 0. The molecule has 0 aliphatic carbocycles. The molecule has 5 heteroatoms. The van der Waals surface area contributed by atoms with Crippen molar-refractivity contribution in [3.8, 4) is 5.75 Å². The molecule has 1 aliphatic heterocycles. The van der Waals surface area contributed by atoms with Crippen LogP contribution in [0.2, 0.25) is 0 Å². The van der Waals surface area contributed by atoms with E-state index in [-0.39, 0.29) is 12.1 Å². The van der Waals surface area contributed by atoms with Gasteiger partial charge in [0.25, 0.3) is 0 Å². The molecule has 0 radical (unpaired) electrons. The fourth-order valence-electron chi connectivity index (χ4n) is 2.99. The number of benzene rings is 2. The van der Waals surface area contributed by atoms with E-state index in [4.69, 9.17) is 9.47 Å². The monoisotopic (exact) mass is 354 g/mol. The Morgan fingerprint density at radius 1 is 1.15 bits per heavy atom. The Morgan fingerprint density at radius 2 is 2.04 bits per heavy atom. The molecule has 0 spiro atoms. The lowest BCUT2D eigenvalue weighted by Gasteiger charge is -2.12. The van der Waals surface area contributed by atoms with Crippen molar-refractivity contribution in [1.29, 1.82) is 0 Å². The summed E-state index contributed by atoms with van der Waals surface area (Å²) in [6.07, 6.45) is 4.20. The van der Waals surface area contributed by atoms with Crippen LogP contribution in [0.1, 0.15) is 24.8 Å². The van der Waals surface area contributed by atoms with E-state index in [2.05, 4.69) is 22.8 Å². The van der Waals surface area contributed by atoms with Gasteiger partial charge in [-0.2, -0.15) is 0 Å². The maximum absolute atomic E-state index is 12.0. The molecule has 26 heavy (non-hydrogen) atoms. The van der Waals surface area contributed by atoms with Crippen LogP contribution in [-0.4, -0.2) is 31.9 Å². The first-order chi connectivity index (χ1) is 12.8. The molecule has 3 rings (SSSR count). The first-order valence-corrected chi connectivity index (χ1v) is 9.23. The third-order valence-corrected chi connectivity index (χ3v) is 4.37. The molecule has 138 valence electrons. The van der Waals surface area contributed by atoms with Crippen molar-refractivity contribution >= 4 is 11.7 Å². The predicted molar refractivity (Wildman–Crippen MR) is 103 cm³/mol. The van der Waals surface area contributed by atoms with E-state index in [0.29, 0.717) is 13.2 Å². The Labute approximate surface area is 154 Å². The van der Waals surface area contributed by atoms with Crippen molar-refractivity contribution in [3.05, 3.63) is 60.2 Å². The summed E-state index contributed by atoms with van der Waals surface area (Å²) < 4.78 is 11.3. The summed E-state index contributed by atoms with van der Waals surface area (Å²) in [6.45, 7) is 2.05. The van der Waals surface area contributed by atoms with Gasteiger partial charge in [-0.3, -0.25) is 0 Å². The number of hydrogen-bond donors (Lipinski definition) is 2. The molecule has 1 saturated heterocycles. The third kappa shape index (κ3) is 6.08. The summed E-state index contributed by atoms with van der Waals surface area (Å²) in [4.78, 5) is 12.0. The van der Waals surface area contributed by atoms with E-state index < -0.39 is 0 Å². The lowest BCUT2D eigenvalue weighted by molar-refractivity contribution is 0.105. The van der Waals surface area contributed by atoms with Gasteiger partial charge in [-0.15, -0.1) is 0 Å². The van der Waals surface area contributed by atoms with Crippen LogP contribution < -0.4 is 15.4 Å². The Balaban J connectivity index is 1.39. The highest BCUT2D eigenvalue weighted by Gasteiger charge is 2.15. The van der Waals surface area contributed by atoms with Crippen molar-refractivity contribution in [2.75, 3.05) is 25.1 Å². The lowest BCUT2D eigenvalue weighted by atomic mass is 10.2. The first kappa shape index (κ1) is 18.3. The molecule has 2 N–H and O–H groups in total. The molecule has 2 aromatic rings. The van der Waals surface area contributed by atoms with Gasteiger partial charge in [0.05, 0.1) is 12.7 Å². The van der Waals surface area contributed by atoms with E-state index in [1.54, 1.807) is 0 Å². The smallest absolute Gasteiger partial charge is 0.319 e. The van der Waals surface area contributed by atoms with Crippen molar-refractivity contribution < 1.29 is 14.3 Å². The van der Waals surface area contributed by atoms with Gasteiger partial charge in [0, 0.05) is 31.3 Å². The van der Waals surface area contributed by atoms with Crippen molar-refractivity contribution in [2.45, 2.75) is 31.8 Å². The standard InChI is InChI=1S/C21H26N2O3/c24-21(22-13-11-19-10-5-14-25-19)23-18-8-4-9-20(16-18)26-15-12-17-6-2-1-3-7-17/h1-4,6-9,16,19H,5,10-15H2,(H2,22,23,24)/t19-/m0/s1. The molecule has 0 saturated carbocycles. The second kappa shape index (κ2) is 9.82. The minimum Gasteiger partial charge on any atom is -0.493 e. The molecule has 1 fully saturated rings. The van der Waals surface area contributed by atoms with E-state index in [1.807, 2.05) is 42.5 Å². The Kier molecular flexibility index (Phi) is 6.90. The van der Waals surface area contributed by atoms with Crippen molar-refractivity contribution in [3.63, 3.8) is 0 Å². The summed E-state index contributed by atoms with van der Waals surface area (Å²) in [5.41, 5.74) is 1.96. The Bertz CT molecular complexity index is 685. The van der Waals surface area contributed by atoms with Crippen molar-refractivity contribution in [1.82, 2.24) is 5.32 Å². The van der Waals surface area contributed by atoms with Crippen LogP contribution in [0.3, 0.4) is 0 Å². The van der Waals surface area contributed by atoms with Crippen LogP contribution in [-0.2, 0) is 11.2 Å². The number of ether oxygens (including phenoxy) is 2. The zero-order chi connectivity index (χ0) is 18.0. The summed E-state index contributed by atoms with van der Waals surface area (Å²) in [5, 5.41) is 5.72. The number of rotatable bonds is 8. The van der Waals surface area contributed by atoms with Gasteiger partial charge in [-0.05, 0) is 37.0 Å². The molecule has 0 unspecified atom stereocenters. The second-order valence-electron chi connectivity index (χ2n) is 6.42. The van der Waals surface area contributed by atoms with Crippen molar-refractivity contribution in [2.24, 2.45) is 0 Å². The molecular formula is C21H26N2O3. The van der Waals surface area contributed by atoms with Gasteiger partial charge in [-0.25, -0.2) is 4.79 Å². The van der Waals surface area contributed by atoms with Crippen LogP contribution in [0.25, 0.3) is 0 Å². The van der Waals surface area contributed by atoms with E-state index in [1.165, 1.54) is 5.56 Å². The van der Waals surface area contributed by atoms with Gasteiger partial charge < -0.3 is 20.1 Å². The number of hydrogen-bond acceptors (Lipinski definition) is 3. The number of urea groups is 1. The highest BCUT2D eigenvalue weighted by molar-refractivity contribution is 5.89. The van der Waals surface area contributed by atoms with Crippen LogP contribution in [0.15, 0.2) is 54.6 Å². The molecule has 2 amide bonds. The van der Waals surface area contributed by atoms with Crippen LogP contribution in [0, 0.1) is 0 Å². The number of anilines is 1. The molecule has 2 aromatic carbocycles. The van der Waals surface area contributed by atoms with Crippen LogP contribution in [0.4, 0.5) is 10.5 Å². The third-order valence-electron chi connectivity index (χ3n) is 4.37. The predicted octanol–water partition coefficient (Wildman–Crippen LogP) is 4.00. The minimum absolute atomic E-state index is 0.204. The van der Waals surface area contributed by atoms with Gasteiger partial charge in [0.15, 0.2) is 0 Å². The zero-order valence-corrected chi connectivity index (χ0v) is 14.9. The average molecular weight is 354 g/mol. The summed E-state index contributed by atoms with van der Waals surface area (Å²) in [7, 11) is 0. The van der Waals surface area contributed by atoms with E-state index in [9.17, 15) is 4.79 Å². The SMILES string of the molecule is O=C(NCC[C@@H]1CCCO1)Nc1cccc(OCCc2ccccc2)c1. The maximum Gasteiger partial charge on any atom is 0.319 e. The molecule has 0 bridgehead atoms. The van der Waals surface area contributed by atoms with Gasteiger partial charge in [0.1, 0.15) is 5.75 Å². The number of nitrogens with one attached hydrogen (secondary N) is 2. The fourth-order valence-corrected chi connectivity index (χ4v) is 2.99. The summed E-state index contributed by atoms with van der Waals surface area (Å²) in [6, 6.07) is 17.5. The molecule has 1 heterocycles. The highest BCUT2D eigenvalue weighted by atomic mass is 16.5. The van der Waals surface area contributed by atoms with Gasteiger partial charge >= 0.3 is 6.03 Å². The number of carbonyl (C=O) groups excluding carboxylic acids is 1.